The molecule has 0 bridgehead atoms. The fourth-order valence-corrected chi connectivity index (χ4v) is 6.88. The molecule has 3 nitrogen and oxygen atoms in total. The molecule has 2 aliphatic heterocycles. The van der Waals surface area contributed by atoms with Crippen molar-refractivity contribution in [2.45, 2.75) is 101 Å². The van der Waals surface area contributed by atoms with E-state index in [0.717, 1.165) is 30.0 Å². The summed E-state index contributed by atoms with van der Waals surface area (Å²) in [6.45, 7) is 0. The van der Waals surface area contributed by atoms with Gasteiger partial charge < -0.3 is 9.47 Å². The number of rotatable bonds is 1. The van der Waals surface area contributed by atoms with Crippen LogP contribution in [0.2, 0.25) is 0 Å². The molecule has 3 aliphatic carbocycles. The van der Waals surface area contributed by atoms with E-state index < -0.39 is 0 Å². The molecule has 5 aliphatic rings. The molecular weight excluding hydrogens is 274 g/mol. The molecule has 5 rings (SSSR count). The number of hydrogen-bond donors (Lipinski definition) is 0. The predicted molar refractivity (Wildman–Crippen MR) is 85.8 cm³/mol. The summed E-state index contributed by atoms with van der Waals surface area (Å²) in [5.74, 6) is 1.78. The topological polar surface area (TPSA) is 21.7 Å². The fourth-order valence-electron chi connectivity index (χ4n) is 6.88. The predicted octanol–water partition coefficient (Wildman–Crippen LogP) is 3.36. The van der Waals surface area contributed by atoms with Crippen molar-refractivity contribution < 1.29 is 9.47 Å². The normalized spacial score (nSPS) is 54.4. The molecule has 2 heterocycles. The van der Waals surface area contributed by atoms with E-state index in [0.29, 0.717) is 18.3 Å². The van der Waals surface area contributed by atoms with E-state index in [4.69, 9.17) is 9.47 Å². The Kier molecular flexibility index (Phi) is 3.53. The van der Waals surface area contributed by atoms with Crippen molar-refractivity contribution in [3.05, 3.63) is 0 Å². The van der Waals surface area contributed by atoms with Crippen LogP contribution in [-0.4, -0.2) is 48.4 Å². The van der Waals surface area contributed by atoms with Crippen molar-refractivity contribution in [1.29, 1.82) is 0 Å². The van der Waals surface area contributed by atoms with Gasteiger partial charge in [0, 0.05) is 25.2 Å². The molecule has 8 unspecified atom stereocenters. The molecule has 0 aromatic rings. The molecular formula is C19H31NO2. The minimum atomic E-state index is 0.519. The van der Waals surface area contributed by atoms with Gasteiger partial charge in [0.05, 0.1) is 18.3 Å². The summed E-state index contributed by atoms with van der Waals surface area (Å²) in [6, 6.07) is 2.33. The highest BCUT2D eigenvalue weighted by Crippen LogP contribution is 2.54. The Morgan fingerprint density at radius 3 is 2.59 bits per heavy atom. The zero-order chi connectivity index (χ0) is 14.7. The van der Waals surface area contributed by atoms with Crippen LogP contribution in [-0.2, 0) is 9.47 Å². The zero-order valence-corrected chi connectivity index (χ0v) is 14.0. The highest BCUT2D eigenvalue weighted by atomic mass is 16.5. The van der Waals surface area contributed by atoms with Gasteiger partial charge in [-0.2, -0.15) is 0 Å². The summed E-state index contributed by atoms with van der Waals surface area (Å²) < 4.78 is 12.4. The number of fused-ring (bicyclic) bond motifs is 5. The molecule has 0 spiro atoms. The second kappa shape index (κ2) is 5.46. The highest BCUT2D eigenvalue weighted by Gasteiger charge is 2.59. The maximum Gasteiger partial charge on any atom is 0.0737 e. The lowest BCUT2D eigenvalue weighted by molar-refractivity contribution is -0.177. The number of hydrogen-bond acceptors (Lipinski definition) is 3. The van der Waals surface area contributed by atoms with E-state index in [1.165, 1.54) is 64.2 Å². The van der Waals surface area contributed by atoms with Crippen molar-refractivity contribution in [3.8, 4) is 0 Å². The molecule has 0 aromatic carbocycles. The molecule has 5 fully saturated rings. The van der Waals surface area contributed by atoms with Gasteiger partial charge in [-0.15, -0.1) is 0 Å². The van der Waals surface area contributed by atoms with E-state index in [9.17, 15) is 0 Å². The first-order valence-electron chi connectivity index (χ1n) is 9.82. The Bertz CT molecular complexity index is 428. The second-order valence-corrected chi connectivity index (χ2v) is 8.50. The minimum absolute atomic E-state index is 0.519. The lowest BCUT2D eigenvalue weighted by Gasteiger charge is -2.53. The molecule has 3 heteroatoms. The van der Waals surface area contributed by atoms with Crippen LogP contribution in [0.4, 0.5) is 0 Å². The lowest BCUT2D eigenvalue weighted by atomic mass is 9.72. The Morgan fingerprint density at radius 1 is 0.818 bits per heavy atom. The van der Waals surface area contributed by atoms with E-state index in [2.05, 4.69) is 4.90 Å². The largest absolute Gasteiger partial charge is 0.381 e. The molecule has 3 saturated carbocycles. The number of nitrogens with zero attached hydrogens (tertiary/aromatic N) is 1. The lowest BCUT2D eigenvalue weighted by Crippen LogP contribution is -2.63. The zero-order valence-electron chi connectivity index (χ0n) is 14.0. The van der Waals surface area contributed by atoms with E-state index >= 15 is 0 Å². The van der Waals surface area contributed by atoms with Gasteiger partial charge in [0.2, 0.25) is 0 Å². The number of ether oxygens (including phenoxy) is 2. The van der Waals surface area contributed by atoms with Gasteiger partial charge in [0.1, 0.15) is 0 Å². The van der Waals surface area contributed by atoms with Gasteiger partial charge >= 0.3 is 0 Å². The average Bonchev–Trinajstić information content (AvgIpc) is 2.91. The summed E-state index contributed by atoms with van der Waals surface area (Å²) in [4.78, 5) is 3.03. The first-order valence-corrected chi connectivity index (χ1v) is 9.82. The Hall–Kier alpha value is -0.120. The van der Waals surface area contributed by atoms with Crippen LogP contribution < -0.4 is 0 Å². The summed E-state index contributed by atoms with van der Waals surface area (Å²) in [5.41, 5.74) is 0. The standard InChI is InChI=1S/C19H31NO2/c1-21-12-9-10-15-14(11-12)13-5-4-8-18-19(13)20(15)16-6-2-3-7-17(16)22-18/h12-19H,2-11H2,1H3. The van der Waals surface area contributed by atoms with Crippen molar-refractivity contribution in [3.63, 3.8) is 0 Å². The van der Waals surface area contributed by atoms with Crippen molar-refractivity contribution >= 4 is 0 Å². The summed E-state index contributed by atoms with van der Waals surface area (Å²) in [6.07, 6.45) is 15.2. The fraction of sp³-hybridized carbons (Fsp3) is 1.00. The van der Waals surface area contributed by atoms with Crippen molar-refractivity contribution in [2.75, 3.05) is 7.11 Å². The van der Waals surface area contributed by atoms with Crippen LogP contribution in [0.3, 0.4) is 0 Å². The minimum Gasteiger partial charge on any atom is -0.381 e. The summed E-state index contributed by atoms with van der Waals surface area (Å²) in [5, 5.41) is 0. The van der Waals surface area contributed by atoms with Crippen molar-refractivity contribution in [1.82, 2.24) is 4.90 Å². The summed E-state index contributed by atoms with van der Waals surface area (Å²) in [7, 11) is 1.91. The Labute approximate surface area is 134 Å². The quantitative estimate of drug-likeness (QED) is 0.741. The third-order valence-electron chi connectivity index (χ3n) is 7.67. The smallest absolute Gasteiger partial charge is 0.0737 e. The van der Waals surface area contributed by atoms with E-state index in [-0.39, 0.29) is 0 Å². The van der Waals surface area contributed by atoms with Gasteiger partial charge in [-0.3, -0.25) is 4.90 Å². The SMILES string of the molecule is COC1CCC2C(C1)C1CCCC3OC4CCCCC4N2C31. The van der Waals surface area contributed by atoms with Crippen molar-refractivity contribution in [2.24, 2.45) is 11.8 Å². The maximum absolute atomic E-state index is 6.66. The second-order valence-electron chi connectivity index (χ2n) is 8.50. The molecule has 8 atom stereocenters. The molecule has 0 amide bonds. The Balaban J connectivity index is 1.48. The van der Waals surface area contributed by atoms with Crippen LogP contribution in [0.5, 0.6) is 0 Å². The maximum atomic E-state index is 6.66. The molecule has 22 heavy (non-hydrogen) atoms. The first-order chi connectivity index (χ1) is 10.9. The van der Waals surface area contributed by atoms with Gasteiger partial charge in [-0.1, -0.05) is 19.3 Å². The van der Waals surface area contributed by atoms with Gasteiger partial charge in [-0.05, 0) is 56.8 Å². The molecule has 0 N–H and O–H groups in total. The molecule has 0 aromatic heterocycles. The van der Waals surface area contributed by atoms with Gasteiger partial charge in [0.25, 0.3) is 0 Å². The molecule has 2 saturated heterocycles. The third kappa shape index (κ3) is 1.98. The van der Waals surface area contributed by atoms with E-state index in [1.54, 1.807) is 0 Å². The van der Waals surface area contributed by atoms with Crippen LogP contribution in [0.25, 0.3) is 0 Å². The highest BCUT2D eigenvalue weighted by molar-refractivity contribution is 5.12. The third-order valence-corrected chi connectivity index (χ3v) is 7.67. The number of morpholine rings is 1. The first kappa shape index (κ1) is 14.2. The van der Waals surface area contributed by atoms with E-state index in [1.807, 2.05) is 7.11 Å². The average molecular weight is 305 g/mol. The molecule has 124 valence electrons. The molecule has 0 radical (unpaired) electrons. The van der Waals surface area contributed by atoms with Gasteiger partial charge in [0.15, 0.2) is 0 Å². The monoisotopic (exact) mass is 305 g/mol. The Morgan fingerprint density at radius 2 is 1.68 bits per heavy atom. The van der Waals surface area contributed by atoms with Crippen LogP contribution >= 0.6 is 0 Å². The van der Waals surface area contributed by atoms with Crippen LogP contribution in [0, 0.1) is 11.8 Å². The number of methoxy groups -OCH3 is 1. The van der Waals surface area contributed by atoms with Crippen LogP contribution in [0.1, 0.15) is 64.2 Å². The summed E-state index contributed by atoms with van der Waals surface area (Å²) >= 11 is 0. The van der Waals surface area contributed by atoms with Gasteiger partial charge in [-0.25, -0.2) is 0 Å². The van der Waals surface area contributed by atoms with Crippen LogP contribution in [0.15, 0.2) is 0 Å².